The van der Waals surface area contributed by atoms with E-state index in [-0.39, 0.29) is 31.0 Å². The number of nitrogens with one attached hydrogen (secondary N) is 1. The molecule has 1 N–H and O–H groups in total. The van der Waals surface area contributed by atoms with Crippen LogP contribution in [-0.2, 0) is 16.1 Å². The SMILES string of the molecule is CCOC(=O)CCNC(=O)N1CCn2cccc2C1c1ccc(OC)cc1. The van der Waals surface area contributed by atoms with Crippen LogP contribution in [0.5, 0.6) is 5.75 Å². The van der Waals surface area contributed by atoms with E-state index < -0.39 is 0 Å². The van der Waals surface area contributed by atoms with E-state index in [4.69, 9.17) is 9.47 Å². The highest BCUT2D eigenvalue weighted by Crippen LogP contribution is 2.33. The molecule has 7 nitrogen and oxygen atoms in total. The molecule has 144 valence electrons. The number of esters is 1. The molecular formula is C20H25N3O4. The predicted octanol–water partition coefficient (Wildman–Crippen LogP) is 2.56. The van der Waals surface area contributed by atoms with Crippen molar-refractivity contribution >= 4 is 12.0 Å². The number of benzene rings is 1. The molecule has 7 heteroatoms. The summed E-state index contributed by atoms with van der Waals surface area (Å²) < 4.78 is 12.3. The van der Waals surface area contributed by atoms with Crippen LogP contribution in [0, 0.1) is 0 Å². The van der Waals surface area contributed by atoms with Crippen LogP contribution in [0.25, 0.3) is 0 Å². The van der Waals surface area contributed by atoms with E-state index in [2.05, 4.69) is 9.88 Å². The molecule has 2 aromatic rings. The van der Waals surface area contributed by atoms with Gasteiger partial charge in [-0.25, -0.2) is 4.79 Å². The van der Waals surface area contributed by atoms with Crippen LogP contribution in [0.3, 0.4) is 0 Å². The van der Waals surface area contributed by atoms with Crippen LogP contribution in [0.4, 0.5) is 4.79 Å². The van der Waals surface area contributed by atoms with Crippen molar-refractivity contribution in [2.75, 3.05) is 26.8 Å². The Bertz CT molecular complexity index is 785. The molecule has 1 aliphatic rings. The third-order valence-corrected chi connectivity index (χ3v) is 4.64. The molecule has 0 spiro atoms. The summed E-state index contributed by atoms with van der Waals surface area (Å²) in [5.74, 6) is 0.465. The monoisotopic (exact) mass is 371 g/mol. The van der Waals surface area contributed by atoms with Crippen molar-refractivity contribution in [1.29, 1.82) is 0 Å². The first-order chi connectivity index (χ1) is 13.1. The standard InChI is InChI=1S/C20H25N3O4/c1-3-27-18(24)10-11-21-20(25)23-14-13-22-12-4-5-17(22)19(23)15-6-8-16(26-2)9-7-15/h4-9,12,19H,3,10-11,13-14H2,1-2H3,(H,21,25). The normalized spacial score (nSPS) is 15.8. The fourth-order valence-electron chi connectivity index (χ4n) is 3.35. The first-order valence-corrected chi connectivity index (χ1v) is 9.13. The van der Waals surface area contributed by atoms with E-state index in [1.165, 1.54) is 0 Å². The molecule has 0 saturated heterocycles. The largest absolute Gasteiger partial charge is 0.497 e. The predicted molar refractivity (Wildman–Crippen MR) is 101 cm³/mol. The van der Waals surface area contributed by atoms with Gasteiger partial charge in [0.15, 0.2) is 0 Å². The van der Waals surface area contributed by atoms with Gasteiger partial charge in [-0.2, -0.15) is 0 Å². The van der Waals surface area contributed by atoms with Crippen LogP contribution in [0.15, 0.2) is 42.6 Å². The zero-order valence-electron chi connectivity index (χ0n) is 15.7. The summed E-state index contributed by atoms with van der Waals surface area (Å²) in [6, 6.07) is 11.4. The Kier molecular flexibility index (Phi) is 6.01. The van der Waals surface area contributed by atoms with Gasteiger partial charge in [0.25, 0.3) is 0 Å². The number of methoxy groups -OCH3 is 1. The Morgan fingerprint density at radius 1 is 1.19 bits per heavy atom. The van der Waals surface area contributed by atoms with Gasteiger partial charge in [-0.15, -0.1) is 0 Å². The Morgan fingerprint density at radius 3 is 2.67 bits per heavy atom. The average molecular weight is 371 g/mol. The summed E-state index contributed by atoms with van der Waals surface area (Å²) in [4.78, 5) is 26.1. The summed E-state index contributed by atoms with van der Waals surface area (Å²) in [7, 11) is 1.63. The van der Waals surface area contributed by atoms with Gasteiger partial charge in [0, 0.05) is 31.5 Å². The van der Waals surface area contributed by atoms with Crippen LogP contribution < -0.4 is 10.1 Å². The first kappa shape index (κ1) is 18.8. The minimum atomic E-state index is -0.308. The third kappa shape index (κ3) is 4.24. The average Bonchev–Trinajstić information content (AvgIpc) is 3.16. The fraction of sp³-hybridized carbons (Fsp3) is 0.400. The smallest absolute Gasteiger partial charge is 0.318 e. The Labute approximate surface area is 158 Å². The summed E-state index contributed by atoms with van der Waals surface area (Å²) >= 11 is 0. The maximum Gasteiger partial charge on any atom is 0.318 e. The maximum atomic E-state index is 12.8. The first-order valence-electron chi connectivity index (χ1n) is 9.13. The Hall–Kier alpha value is -2.96. The van der Waals surface area contributed by atoms with Crippen LogP contribution >= 0.6 is 0 Å². The van der Waals surface area contributed by atoms with Gasteiger partial charge in [-0.1, -0.05) is 12.1 Å². The van der Waals surface area contributed by atoms with Crippen LogP contribution in [0.1, 0.15) is 30.6 Å². The second kappa shape index (κ2) is 8.62. The zero-order chi connectivity index (χ0) is 19.2. The lowest BCUT2D eigenvalue weighted by molar-refractivity contribution is -0.142. The molecule has 0 radical (unpaired) electrons. The zero-order valence-corrected chi connectivity index (χ0v) is 15.7. The molecular weight excluding hydrogens is 346 g/mol. The quantitative estimate of drug-likeness (QED) is 0.792. The summed E-state index contributed by atoms with van der Waals surface area (Å²) in [5, 5.41) is 2.84. The molecule has 0 fully saturated rings. The lowest BCUT2D eigenvalue weighted by Crippen LogP contribution is -2.47. The van der Waals surface area contributed by atoms with E-state index in [0.717, 1.165) is 23.6 Å². The Morgan fingerprint density at radius 2 is 1.96 bits per heavy atom. The summed E-state index contributed by atoms with van der Waals surface area (Å²) in [6.45, 7) is 3.68. The fourth-order valence-corrected chi connectivity index (χ4v) is 3.35. The second-order valence-electron chi connectivity index (χ2n) is 6.28. The number of urea groups is 1. The van der Waals surface area contributed by atoms with E-state index in [1.807, 2.05) is 47.5 Å². The summed E-state index contributed by atoms with van der Waals surface area (Å²) in [5.41, 5.74) is 2.07. The maximum absolute atomic E-state index is 12.8. The van der Waals surface area contributed by atoms with Gasteiger partial charge in [0.2, 0.25) is 0 Å². The molecule has 1 unspecified atom stereocenters. The lowest BCUT2D eigenvalue weighted by Gasteiger charge is -2.37. The van der Waals surface area contributed by atoms with E-state index in [0.29, 0.717) is 13.2 Å². The number of hydrogen-bond acceptors (Lipinski definition) is 4. The van der Waals surface area contributed by atoms with Crippen LogP contribution in [0.2, 0.25) is 0 Å². The molecule has 1 atom stereocenters. The molecule has 2 amide bonds. The number of amides is 2. The highest BCUT2D eigenvalue weighted by atomic mass is 16.5. The van der Waals surface area contributed by atoms with Crippen molar-refractivity contribution in [2.45, 2.75) is 25.9 Å². The van der Waals surface area contributed by atoms with Crippen molar-refractivity contribution in [3.63, 3.8) is 0 Å². The number of hydrogen-bond donors (Lipinski definition) is 1. The lowest BCUT2D eigenvalue weighted by atomic mass is 10.00. The molecule has 1 aliphatic heterocycles. The molecule has 27 heavy (non-hydrogen) atoms. The molecule has 1 aromatic heterocycles. The van der Waals surface area contributed by atoms with Crippen molar-refractivity contribution in [3.8, 4) is 5.75 Å². The number of rotatable bonds is 6. The van der Waals surface area contributed by atoms with E-state index in [1.54, 1.807) is 14.0 Å². The molecule has 0 aliphatic carbocycles. The number of aromatic nitrogens is 1. The van der Waals surface area contributed by atoms with Gasteiger partial charge in [0.1, 0.15) is 5.75 Å². The number of fused-ring (bicyclic) bond motifs is 1. The number of nitrogens with zero attached hydrogens (tertiary/aromatic N) is 2. The van der Waals surface area contributed by atoms with Crippen molar-refractivity contribution < 1.29 is 19.1 Å². The van der Waals surface area contributed by atoms with Gasteiger partial charge in [0.05, 0.1) is 26.2 Å². The molecule has 1 aromatic carbocycles. The Balaban J connectivity index is 1.76. The van der Waals surface area contributed by atoms with Gasteiger partial charge in [-0.05, 0) is 36.8 Å². The molecule has 0 saturated carbocycles. The highest BCUT2D eigenvalue weighted by Gasteiger charge is 2.32. The minimum Gasteiger partial charge on any atom is -0.497 e. The van der Waals surface area contributed by atoms with Crippen molar-refractivity contribution in [1.82, 2.24) is 14.8 Å². The van der Waals surface area contributed by atoms with Crippen molar-refractivity contribution in [2.24, 2.45) is 0 Å². The van der Waals surface area contributed by atoms with E-state index >= 15 is 0 Å². The molecule has 0 bridgehead atoms. The highest BCUT2D eigenvalue weighted by molar-refractivity contribution is 5.76. The topological polar surface area (TPSA) is 72.8 Å². The molecule has 3 rings (SSSR count). The summed E-state index contributed by atoms with van der Waals surface area (Å²) in [6.07, 6.45) is 2.19. The number of ether oxygens (including phenoxy) is 2. The number of carbonyl (C=O) groups excluding carboxylic acids is 2. The second-order valence-corrected chi connectivity index (χ2v) is 6.28. The third-order valence-electron chi connectivity index (χ3n) is 4.64. The van der Waals surface area contributed by atoms with Gasteiger partial charge >= 0.3 is 12.0 Å². The van der Waals surface area contributed by atoms with Gasteiger partial charge < -0.3 is 24.3 Å². The number of carbonyl (C=O) groups is 2. The van der Waals surface area contributed by atoms with Crippen molar-refractivity contribution in [3.05, 3.63) is 53.9 Å². The van der Waals surface area contributed by atoms with Crippen LogP contribution in [-0.4, -0.2) is 48.3 Å². The molecule has 2 heterocycles. The van der Waals surface area contributed by atoms with Gasteiger partial charge in [-0.3, -0.25) is 4.79 Å². The van der Waals surface area contributed by atoms with E-state index in [9.17, 15) is 9.59 Å². The minimum absolute atomic E-state index is 0.164.